The second kappa shape index (κ2) is 5.80. The number of rotatable bonds is 4. The van der Waals surface area contributed by atoms with E-state index in [0.717, 1.165) is 9.80 Å². The number of benzene rings is 1. The van der Waals surface area contributed by atoms with Crippen molar-refractivity contribution >= 4 is 28.8 Å². The zero-order chi connectivity index (χ0) is 17.4. The molecule has 0 radical (unpaired) electrons. The Morgan fingerprint density at radius 2 is 1.75 bits per heavy atom. The van der Waals surface area contributed by atoms with Crippen LogP contribution in [0.2, 0.25) is 0 Å². The van der Waals surface area contributed by atoms with E-state index in [1.807, 2.05) is 0 Å². The van der Waals surface area contributed by atoms with Crippen LogP contribution in [-0.2, 0) is 16.1 Å². The van der Waals surface area contributed by atoms with Gasteiger partial charge in [-0.2, -0.15) is 0 Å². The topological polar surface area (TPSA) is 97.1 Å². The van der Waals surface area contributed by atoms with Crippen molar-refractivity contribution in [2.75, 3.05) is 13.7 Å². The third-order valence-electron chi connectivity index (χ3n) is 3.82. The summed E-state index contributed by atoms with van der Waals surface area (Å²) in [4.78, 5) is 49.4. The third-order valence-corrected chi connectivity index (χ3v) is 3.82. The summed E-state index contributed by atoms with van der Waals surface area (Å²) >= 11 is 0. The lowest BCUT2D eigenvalue weighted by Gasteiger charge is -2.15. The van der Waals surface area contributed by atoms with Gasteiger partial charge in [0, 0.05) is 24.1 Å². The molecule has 1 aliphatic heterocycles. The van der Waals surface area contributed by atoms with Crippen molar-refractivity contribution in [1.29, 1.82) is 0 Å². The summed E-state index contributed by atoms with van der Waals surface area (Å²) in [6.07, 6.45) is 0. The third kappa shape index (κ3) is 2.41. The highest BCUT2D eigenvalue weighted by molar-refractivity contribution is 6.44. The molecule has 1 fully saturated rings. The van der Waals surface area contributed by atoms with Crippen LogP contribution in [-0.4, -0.2) is 41.3 Å². The molecule has 4 amide bonds. The maximum absolute atomic E-state index is 12.2. The van der Waals surface area contributed by atoms with Gasteiger partial charge in [0.2, 0.25) is 0 Å². The standard InChI is InChI=1S/C16H14N2O6/c1-3-17-14(20)15(21)18(16(17)22)8-9-6-13(19)24-12-7-10(23-2)4-5-11(9)12/h4-7H,3,8H2,1-2H3. The first kappa shape index (κ1) is 15.7. The van der Waals surface area contributed by atoms with Gasteiger partial charge >= 0.3 is 23.5 Å². The Hall–Kier alpha value is -3.16. The fourth-order valence-corrected chi connectivity index (χ4v) is 2.61. The minimum atomic E-state index is -0.906. The number of urea groups is 1. The van der Waals surface area contributed by atoms with Gasteiger partial charge in [-0.25, -0.2) is 9.59 Å². The zero-order valence-corrected chi connectivity index (χ0v) is 13.1. The van der Waals surface area contributed by atoms with Gasteiger partial charge in [0.15, 0.2) is 0 Å². The van der Waals surface area contributed by atoms with Crippen molar-refractivity contribution in [2.24, 2.45) is 0 Å². The molecule has 3 rings (SSSR count). The molecule has 2 aromatic rings. The Bertz CT molecular complexity index is 916. The quantitative estimate of drug-likeness (QED) is 0.473. The number of imide groups is 2. The summed E-state index contributed by atoms with van der Waals surface area (Å²) < 4.78 is 10.2. The second-order valence-electron chi connectivity index (χ2n) is 5.18. The van der Waals surface area contributed by atoms with Gasteiger partial charge in [-0.1, -0.05) is 0 Å². The Labute approximate surface area is 136 Å². The lowest BCUT2D eigenvalue weighted by molar-refractivity contribution is -0.143. The normalized spacial score (nSPS) is 14.8. The average Bonchev–Trinajstić information content (AvgIpc) is 2.77. The molecular formula is C16H14N2O6. The number of nitrogens with zero attached hydrogens (tertiary/aromatic N) is 2. The highest BCUT2D eigenvalue weighted by Gasteiger charge is 2.43. The maximum Gasteiger partial charge on any atom is 0.336 e. The Kier molecular flexibility index (Phi) is 3.80. The molecule has 1 saturated heterocycles. The molecule has 0 saturated carbocycles. The summed E-state index contributed by atoms with van der Waals surface area (Å²) in [5, 5.41) is 0.554. The van der Waals surface area contributed by atoms with E-state index in [0.29, 0.717) is 16.7 Å². The first-order valence-corrected chi connectivity index (χ1v) is 7.24. The first-order chi connectivity index (χ1) is 11.5. The number of likely N-dealkylation sites (N-methyl/N-ethyl adjacent to an activating group) is 1. The molecule has 0 bridgehead atoms. The number of hydrogen-bond acceptors (Lipinski definition) is 6. The second-order valence-corrected chi connectivity index (χ2v) is 5.18. The Morgan fingerprint density at radius 1 is 1.04 bits per heavy atom. The fraction of sp³-hybridized carbons (Fsp3) is 0.250. The molecule has 8 heteroatoms. The van der Waals surface area contributed by atoms with Crippen LogP contribution in [0.4, 0.5) is 4.79 Å². The number of methoxy groups -OCH3 is 1. The number of carbonyl (C=O) groups excluding carboxylic acids is 3. The molecule has 24 heavy (non-hydrogen) atoms. The molecule has 0 N–H and O–H groups in total. The van der Waals surface area contributed by atoms with Crippen molar-refractivity contribution in [3.63, 3.8) is 0 Å². The summed E-state index contributed by atoms with van der Waals surface area (Å²) in [5.41, 5.74) is 0.0643. The van der Waals surface area contributed by atoms with Crippen LogP contribution in [0.5, 0.6) is 5.75 Å². The summed E-state index contributed by atoms with van der Waals surface area (Å²) in [7, 11) is 1.48. The van der Waals surface area contributed by atoms with Gasteiger partial charge < -0.3 is 9.15 Å². The van der Waals surface area contributed by atoms with Crippen LogP contribution in [0, 0.1) is 0 Å². The predicted octanol–water partition coefficient (Wildman–Crippen LogP) is 1.11. The smallest absolute Gasteiger partial charge is 0.336 e. The van der Waals surface area contributed by atoms with Crippen molar-refractivity contribution in [1.82, 2.24) is 9.80 Å². The highest BCUT2D eigenvalue weighted by Crippen LogP contribution is 2.25. The molecule has 1 aromatic carbocycles. The van der Waals surface area contributed by atoms with Crippen LogP contribution >= 0.6 is 0 Å². The molecule has 0 spiro atoms. The highest BCUT2D eigenvalue weighted by atomic mass is 16.5. The molecule has 0 aliphatic carbocycles. The molecular weight excluding hydrogens is 316 g/mol. The van der Waals surface area contributed by atoms with Gasteiger partial charge in [-0.3, -0.25) is 19.4 Å². The largest absolute Gasteiger partial charge is 0.497 e. The van der Waals surface area contributed by atoms with E-state index in [2.05, 4.69) is 0 Å². The number of hydrogen-bond donors (Lipinski definition) is 0. The van der Waals surface area contributed by atoms with Gasteiger partial charge in [0.1, 0.15) is 11.3 Å². The van der Waals surface area contributed by atoms with Gasteiger partial charge in [-0.15, -0.1) is 0 Å². The number of carbonyl (C=O) groups is 3. The summed E-state index contributed by atoms with van der Waals surface area (Å²) in [5.74, 6) is -1.27. The lowest BCUT2D eigenvalue weighted by Crippen LogP contribution is -2.33. The van der Waals surface area contributed by atoms with Crippen LogP contribution < -0.4 is 10.4 Å². The van der Waals surface area contributed by atoms with E-state index in [1.54, 1.807) is 19.1 Å². The van der Waals surface area contributed by atoms with Crippen LogP contribution in [0.1, 0.15) is 12.5 Å². The predicted molar refractivity (Wildman–Crippen MR) is 82.4 cm³/mol. The summed E-state index contributed by atoms with van der Waals surface area (Å²) in [6, 6.07) is 5.38. The van der Waals surface area contributed by atoms with E-state index < -0.39 is 23.5 Å². The van der Waals surface area contributed by atoms with E-state index >= 15 is 0 Å². The van der Waals surface area contributed by atoms with E-state index in [9.17, 15) is 19.2 Å². The Balaban J connectivity index is 2.04. The van der Waals surface area contributed by atoms with Crippen molar-refractivity contribution in [3.05, 3.63) is 40.2 Å². The minimum Gasteiger partial charge on any atom is -0.497 e. The molecule has 1 aromatic heterocycles. The van der Waals surface area contributed by atoms with Crippen LogP contribution in [0.25, 0.3) is 11.0 Å². The number of ether oxygens (including phenoxy) is 1. The van der Waals surface area contributed by atoms with E-state index in [1.165, 1.54) is 19.2 Å². The SMILES string of the molecule is CCN1C(=O)C(=O)N(Cc2cc(=O)oc3cc(OC)ccc23)C1=O. The van der Waals surface area contributed by atoms with E-state index in [4.69, 9.17) is 9.15 Å². The molecule has 0 unspecified atom stereocenters. The van der Waals surface area contributed by atoms with E-state index in [-0.39, 0.29) is 18.7 Å². The van der Waals surface area contributed by atoms with Crippen molar-refractivity contribution in [3.8, 4) is 5.75 Å². The van der Waals surface area contributed by atoms with Gasteiger partial charge in [-0.05, 0) is 24.6 Å². The average molecular weight is 330 g/mol. The summed E-state index contributed by atoms with van der Waals surface area (Å²) in [6.45, 7) is 1.52. The molecule has 2 heterocycles. The van der Waals surface area contributed by atoms with Crippen molar-refractivity contribution < 1.29 is 23.5 Å². The monoisotopic (exact) mass is 330 g/mol. The first-order valence-electron chi connectivity index (χ1n) is 7.24. The maximum atomic E-state index is 12.2. The van der Waals surface area contributed by atoms with Crippen LogP contribution in [0.15, 0.2) is 33.5 Å². The molecule has 8 nitrogen and oxygen atoms in total. The molecule has 0 atom stereocenters. The lowest BCUT2D eigenvalue weighted by atomic mass is 10.1. The van der Waals surface area contributed by atoms with Crippen LogP contribution in [0.3, 0.4) is 0 Å². The zero-order valence-electron chi connectivity index (χ0n) is 13.1. The Morgan fingerprint density at radius 3 is 2.38 bits per heavy atom. The van der Waals surface area contributed by atoms with Gasteiger partial charge in [0.25, 0.3) is 0 Å². The van der Waals surface area contributed by atoms with Crippen molar-refractivity contribution in [2.45, 2.75) is 13.5 Å². The number of fused-ring (bicyclic) bond motifs is 1. The fourth-order valence-electron chi connectivity index (χ4n) is 2.61. The number of amides is 4. The minimum absolute atomic E-state index is 0.106. The molecule has 1 aliphatic rings. The van der Waals surface area contributed by atoms with Gasteiger partial charge in [0.05, 0.1) is 13.7 Å². The molecule has 124 valence electrons.